The van der Waals surface area contributed by atoms with Gasteiger partial charge < -0.3 is 10.2 Å². The molecule has 0 spiro atoms. The van der Waals surface area contributed by atoms with Crippen molar-refractivity contribution in [2.24, 2.45) is 5.92 Å². The molecule has 0 aromatic heterocycles. The molecular weight excluding hydrogens is 196 g/mol. The first-order valence-corrected chi connectivity index (χ1v) is 7.30. The van der Waals surface area contributed by atoms with Crippen molar-refractivity contribution >= 4 is 0 Å². The second-order valence-electron chi connectivity index (χ2n) is 5.70. The van der Waals surface area contributed by atoms with Gasteiger partial charge in [0.2, 0.25) is 0 Å². The topological polar surface area (TPSA) is 15.3 Å². The molecule has 0 aliphatic carbocycles. The van der Waals surface area contributed by atoms with Gasteiger partial charge in [0.25, 0.3) is 0 Å². The normalized spacial score (nSPS) is 33.6. The molecule has 2 nitrogen and oxygen atoms in total. The predicted molar refractivity (Wildman–Crippen MR) is 69.7 cm³/mol. The zero-order chi connectivity index (χ0) is 11.4. The summed E-state index contributed by atoms with van der Waals surface area (Å²) >= 11 is 0. The molecule has 2 heteroatoms. The molecule has 2 bridgehead atoms. The Kier molecular flexibility index (Phi) is 4.66. The molecule has 0 amide bonds. The summed E-state index contributed by atoms with van der Waals surface area (Å²) in [5, 5.41) is 3.73. The largest absolute Gasteiger partial charge is 0.311 e. The van der Waals surface area contributed by atoms with Crippen LogP contribution in [0.2, 0.25) is 0 Å². The van der Waals surface area contributed by atoms with Gasteiger partial charge in [-0.25, -0.2) is 0 Å². The fraction of sp³-hybridized carbons (Fsp3) is 1.00. The molecule has 2 fully saturated rings. The van der Waals surface area contributed by atoms with Crippen molar-refractivity contribution in [3.63, 3.8) is 0 Å². The highest BCUT2D eigenvalue weighted by Crippen LogP contribution is 2.32. The van der Waals surface area contributed by atoms with E-state index in [9.17, 15) is 0 Å². The Balaban J connectivity index is 1.69. The number of piperidine rings is 1. The molecular formula is C14H28N2. The zero-order valence-electron chi connectivity index (χ0n) is 11.0. The standard InChI is InChI=1S/C14H28N2/c1-3-8-16(4-2)9-7-12-10-13-5-6-14(11-12)15-13/h12-15H,3-11H2,1-2H3. The van der Waals surface area contributed by atoms with E-state index in [1.807, 2.05) is 0 Å². The number of rotatable bonds is 6. The van der Waals surface area contributed by atoms with Crippen LogP contribution in [0, 0.1) is 5.92 Å². The van der Waals surface area contributed by atoms with E-state index in [4.69, 9.17) is 0 Å². The van der Waals surface area contributed by atoms with Gasteiger partial charge in [0, 0.05) is 12.1 Å². The Bertz CT molecular complexity index is 193. The molecule has 2 unspecified atom stereocenters. The summed E-state index contributed by atoms with van der Waals surface area (Å²) in [6, 6.07) is 1.73. The minimum absolute atomic E-state index is 0.866. The molecule has 2 aliphatic rings. The first kappa shape index (κ1) is 12.4. The van der Waals surface area contributed by atoms with Crippen LogP contribution >= 0.6 is 0 Å². The van der Waals surface area contributed by atoms with E-state index in [-0.39, 0.29) is 0 Å². The molecule has 2 heterocycles. The van der Waals surface area contributed by atoms with Gasteiger partial charge in [-0.3, -0.25) is 0 Å². The molecule has 1 N–H and O–H groups in total. The molecule has 16 heavy (non-hydrogen) atoms. The van der Waals surface area contributed by atoms with Crippen LogP contribution in [-0.2, 0) is 0 Å². The first-order valence-electron chi connectivity index (χ1n) is 7.30. The Hall–Kier alpha value is -0.0800. The maximum atomic E-state index is 3.73. The van der Waals surface area contributed by atoms with E-state index in [0.29, 0.717) is 0 Å². The fourth-order valence-electron chi connectivity index (χ4n) is 3.52. The summed E-state index contributed by atoms with van der Waals surface area (Å²) in [4.78, 5) is 2.62. The van der Waals surface area contributed by atoms with Crippen LogP contribution in [0.25, 0.3) is 0 Å². The second kappa shape index (κ2) is 6.02. The summed E-state index contributed by atoms with van der Waals surface area (Å²) in [6.07, 6.45) is 8.50. The van der Waals surface area contributed by atoms with Gasteiger partial charge in [0.1, 0.15) is 0 Å². The number of hydrogen-bond donors (Lipinski definition) is 1. The van der Waals surface area contributed by atoms with Crippen LogP contribution in [0.15, 0.2) is 0 Å². The predicted octanol–water partition coefficient (Wildman–Crippen LogP) is 2.64. The average molecular weight is 224 g/mol. The minimum Gasteiger partial charge on any atom is -0.311 e. The van der Waals surface area contributed by atoms with Crippen LogP contribution in [-0.4, -0.2) is 36.6 Å². The number of nitrogens with zero attached hydrogens (tertiary/aromatic N) is 1. The van der Waals surface area contributed by atoms with Crippen molar-refractivity contribution in [2.75, 3.05) is 19.6 Å². The third-order valence-corrected chi connectivity index (χ3v) is 4.41. The van der Waals surface area contributed by atoms with Gasteiger partial charge in [0.05, 0.1) is 0 Å². The fourth-order valence-corrected chi connectivity index (χ4v) is 3.52. The van der Waals surface area contributed by atoms with Crippen LogP contribution in [0.4, 0.5) is 0 Å². The summed E-state index contributed by atoms with van der Waals surface area (Å²) in [7, 11) is 0. The van der Waals surface area contributed by atoms with E-state index in [2.05, 4.69) is 24.1 Å². The molecule has 94 valence electrons. The van der Waals surface area contributed by atoms with E-state index < -0.39 is 0 Å². The molecule has 0 radical (unpaired) electrons. The van der Waals surface area contributed by atoms with Crippen molar-refractivity contribution in [3.8, 4) is 0 Å². The van der Waals surface area contributed by atoms with E-state index >= 15 is 0 Å². The van der Waals surface area contributed by atoms with Crippen LogP contribution in [0.3, 0.4) is 0 Å². The maximum Gasteiger partial charge on any atom is 0.00728 e. The van der Waals surface area contributed by atoms with Crippen LogP contribution in [0.5, 0.6) is 0 Å². The second-order valence-corrected chi connectivity index (χ2v) is 5.70. The Morgan fingerprint density at radius 3 is 2.31 bits per heavy atom. The summed E-state index contributed by atoms with van der Waals surface area (Å²) in [6.45, 7) is 8.42. The highest BCUT2D eigenvalue weighted by atomic mass is 15.1. The average Bonchev–Trinajstić information content (AvgIpc) is 2.64. The summed E-state index contributed by atoms with van der Waals surface area (Å²) in [5.74, 6) is 1.00. The lowest BCUT2D eigenvalue weighted by atomic mass is 9.89. The monoisotopic (exact) mass is 224 g/mol. The molecule has 0 saturated carbocycles. The van der Waals surface area contributed by atoms with Gasteiger partial charge in [-0.1, -0.05) is 13.8 Å². The Morgan fingerprint density at radius 1 is 1.06 bits per heavy atom. The van der Waals surface area contributed by atoms with Gasteiger partial charge in [-0.2, -0.15) is 0 Å². The molecule has 0 aromatic rings. The number of nitrogens with one attached hydrogen (secondary N) is 1. The molecule has 2 saturated heterocycles. The quantitative estimate of drug-likeness (QED) is 0.746. The van der Waals surface area contributed by atoms with Gasteiger partial charge in [0.15, 0.2) is 0 Å². The highest BCUT2D eigenvalue weighted by Gasteiger charge is 2.33. The lowest BCUT2D eigenvalue weighted by Crippen LogP contribution is -2.39. The number of hydrogen-bond acceptors (Lipinski definition) is 2. The highest BCUT2D eigenvalue weighted by molar-refractivity contribution is 4.92. The zero-order valence-corrected chi connectivity index (χ0v) is 11.0. The van der Waals surface area contributed by atoms with Crippen molar-refractivity contribution in [1.82, 2.24) is 10.2 Å². The van der Waals surface area contributed by atoms with Crippen molar-refractivity contribution < 1.29 is 0 Å². The third-order valence-electron chi connectivity index (χ3n) is 4.41. The first-order chi connectivity index (χ1) is 7.81. The SMILES string of the molecule is CCCN(CC)CCC1CC2CCC(C1)N2. The Labute approximate surface area is 101 Å². The third kappa shape index (κ3) is 3.21. The van der Waals surface area contributed by atoms with E-state index in [0.717, 1.165) is 18.0 Å². The van der Waals surface area contributed by atoms with Crippen molar-refractivity contribution in [1.29, 1.82) is 0 Å². The Morgan fingerprint density at radius 2 is 1.75 bits per heavy atom. The minimum atomic E-state index is 0.866. The molecule has 2 rings (SSSR count). The van der Waals surface area contributed by atoms with E-state index in [1.165, 1.54) is 58.2 Å². The lowest BCUT2D eigenvalue weighted by molar-refractivity contribution is 0.224. The summed E-state index contributed by atoms with van der Waals surface area (Å²) in [5.41, 5.74) is 0. The van der Waals surface area contributed by atoms with Gasteiger partial charge in [-0.15, -0.1) is 0 Å². The van der Waals surface area contributed by atoms with Crippen LogP contribution in [0.1, 0.15) is 52.4 Å². The van der Waals surface area contributed by atoms with E-state index in [1.54, 1.807) is 0 Å². The van der Waals surface area contributed by atoms with Gasteiger partial charge >= 0.3 is 0 Å². The van der Waals surface area contributed by atoms with Gasteiger partial charge in [-0.05, 0) is 64.1 Å². The number of fused-ring (bicyclic) bond motifs is 2. The summed E-state index contributed by atoms with van der Waals surface area (Å²) < 4.78 is 0. The van der Waals surface area contributed by atoms with Crippen molar-refractivity contribution in [3.05, 3.63) is 0 Å². The van der Waals surface area contributed by atoms with Crippen molar-refractivity contribution in [2.45, 2.75) is 64.5 Å². The smallest absolute Gasteiger partial charge is 0.00728 e. The lowest BCUT2D eigenvalue weighted by Gasteiger charge is -2.30. The molecule has 2 atom stereocenters. The molecule has 0 aromatic carbocycles. The molecule has 2 aliphatic heterocycles. The maximum absolute atomic E-state index is 3.73. The van der Waals surface area contributed by atoms with Crippen LogP contribution < -0.4 is 5.32 Å².